The molecule has 60 heavy (non-hydrogen) atoms. The van der Waals surface area contributed by atoms with Gasteiger partial charge >= 0.3 is 11.9 Å². The average molecular weight is 856 g/mol. The third kappa shape index (κ3) is 40.0. The lowest BCUT2D eigenvalue weighted by atomic mass is 10.0. The number of carbonyl (C=O) groups excluding carboxylic acids is 4. The van der Waals surface area contributed by atoms with Crippen LogP contribution >= 0.6 is 0 Å². The maximum absolute atomic E-state index is 12.3. The highest BCUT2D eigenvalue weighted by molar-refractivity contribution is 5.80. The molecular weight excluding hydrogens is 775 g/mol. The summed E-state index contributed by atoms with van der Waals surface area (Å²) in [5, 5.41) is 26.8. The number of carboxylic acid groups (broad SMARTS) is 2. The molecule has 2 atom stereocenters. The Balaban J connectivity index is 3.65. The molecule has 0 aliphatic heterocycles. The molecule has 15 nitrogen and oxygen atoms in total. The zero-order chi connectivity index (χ0) is 44.5. The summed E-state index contributed by atoms with van der Waals surface area (Å²) in [7, 11) is 0. The second-order valence-corrected chi connectivity index (χ2v) is 15.7. The monoisotopic (exact) mass is 856 g/mol. The van der Waals surface area contributed by atoms with E-state index in [-0.39, 0.29) is 94.7 Å². The molecule has 0 fully saturated rings. The summed E-state index contributed by atoms with van der Waals surface area (Å²) in [5.41, 5.74) is 0.675. The number of carboxylic acids is 2. The van der Waals surface area contributed by atoms with Gasteiger partial charge in [0.05, 0.1) is 33.0 Å². The maximum Gasteiger partial charge on any atom is 0.326 e. The van der Waals surface area contributed by atoms with Gasteiger partial charge in [-0.15, -0.1) is 0 Å². The van der Waals surface area contributed by atoms with Crippen molar-refractivity contribution in [3.63, 3.8) is 0 Å². The second kappa shape index (κ2) is 41.0. The minimum atomic E-state index is -1.02. The lowest BCUT2D eigenvalue weighted by Gasteiger charge is -2.17. The molecule has 0 bridgehead atoms. The van der Waals surface area contributed by atoms with Gasteiger partial charge in [0.2, 0.25) is 11.8 Å². The van der Waals surface area contributed by atoms with Gasteiger partial charge < -0.3 is 45.1 Å². The number of ketones is 2. The van der Waals surface area contributed by atoms with Crippen molar-refractivity contribution >= 4 is 35.3 Å². The predicted molar refractivity (Wildman–Crippen MR) is 232 cm³/mol. The molecule has 0 heterocycles. The van der Waals surface area contributed by atoms with Crippen molar-refractivity contribution in [1.29, 1.82) is 0 Å². The van der Waals surface area contributed by atoms with Crippen LogP contribution in [0.5, 0.6) is 0 Å². The van der Waals surface area contributed by atoms with E-state index in [1.807, 2.05) is 6.92 Å². The van der Waals surface area contributed by atoms with Gasteiger partial charge in [0, 0.05) is 50.6 Å². The first-order valence-corrected chi connectivity index (χ1v) is 22.7. The molecule has 0 unspecified atom stereocenters. The van der Waals surface area contributed by atoms with Gasteiger partial charge in [-0.3, -0.25) is 24.0 Å². The topological polar surface area (TPSA) is 216 Å². The highest BCUT2D eigenvalue weighted by Gasteiger charge is 2.19. The number of carbonyl (C=O) groups is 6. The molecule has 2 amide bonds. The molecule has 5 N–H and O–H groups in total. The Labute approximate surface area is 360 Å². The number of ether oxygens (including phenoxy) is 4. The molecule has 0 rings (SSSR count). The van der Waals surface area contributed by atoms with Crippen LogP contribution in [0.3, 0.4) is 0 Å². The number of aliphatic carboxylic acids is 2. The third-order valence-corrected chi connectivity index (χ3v) is 10.1. The highest BCUT2D eigenvalue weighted by Crippen LogP contribution is 2.15. The Morgan fingerprint density at radius 1 is 0.517 bits per heavy atom. The van der Waals surface area contributed by atoms with Gasteiger partial charge in [-0.25, -0.2) is 4.79 Å². The molecule has 0 saturated heterocycles. The molecule has 0 aromatic heterocycles. The van der Waals surface area contributed by atoms with Gasteiger partial charge in [0.1, 0.15) is 25.0 Å². The summed E-state index contributed by atoms with van der Waals surface area (Å²) in [6, 6.07) is -0.883. The molecule has 0 saturated carbocycles. The Morgan fingerprint density at radius 2 is 1.03 bits per heavy atom. The summed E-state index contributed by atoms with van der Waals surface area (Å²) in [5.74, 6) is -1.98. The van der Waals surface area contributed by atoms with Gasteiger partial charge in [0.25, 0.3) is 0 Å². The van der Waals surface area contributed by atoms with Crippen molar-refractivity contribution in [2.45, 2.75) is 168 Å². The zero-order valence-electron chi connectivity index (χ0n) is 37.2. The highest BCUT2D eigenvalue weighted by atomic mass is 16.5. The number of allylic oxidation sites excluding steroid dienone is 1. The lowest BCUT2D eigenvalue weighted by Crippen LogP contribution is -2.37. The summed E-state index contributed by atoms with van der Waals surface area (Å²) >= 11 is 0. The van der Waals surface area contributed by atoms with Crippen molar-refractivity contribution in [2.75, 3.05) is 65.9 Å². The number of hydrogen-bond acceptors (Lipinski definition) is 11. The van der Waals surface area contributed by atoms with E-state index in [0.29, 0.717) is 44.7 Å². The predicted octanol–water partition coefficient (Wildman–Crippen LogP) is 6.69. The van der Waals surface area contributed by atoms with Crippen molar-refractivity contribution in [2.24, 2.45) is 5.92 Å². The first-order chi connectivity index (χ1) is 28.9. The summed E-state index contributed by atoms with van der Waals surface area (Å²) in [4.78, 5) is 69.6. The summed E-state index contributed by atoms with van der Waals surface area (Å²) < 4.78 is 21.6. The normalized spacial score (nSPS) is 12.1. The lowest BCUT2D eigenvalue weighted by molar-refractivity contribution is -0.140. The van der Waals surface area contributed by atoms with Crippen molar-refractivity contribution < 1.29 is 57.9 Å². The summed E-state index contributed by atoms with van der Waals surface area (Å²) in [6.45, 7) is 10.0. The van der Waals surface area contributed by atoms with Gasteiger partial charge in [-0.2, -0.15) is 0 Å². The zero-order valence-corrected chi connectivity index (χ0v) is 37.2. The van der Waals surface area contributed by atoms with Gasteiger partial charge in [0.15, 0.2) is 5.78 Å². The molecule has 0 spiro atoms. The van der Waals surface area contributed by atoms with Crippen LogP contribution < -0.4 is 16.0 Å². The van der Waals surface area contributed by atoms with Crippen molar-refractivity contribution in [1.82, 2.24) is 16.0 Å². The third-order valence-electron chi connectivity index (χ3n) is 10.1. The van der Waals surface area contributed by atoms with Crippen LogP contribution in [0, 0.1) is 5.92 Å². The Bertz CT molecular complexity index is 1170. The molecule has 0 aromatic rings. The number of amides is 2. The minimum absolute atomic E-state index is 0.0245. The summed E-state index contributed by atoms with van der Waals surface area (Å²) in [6.07, 6.45) is 20.6. The standard InChI is InChI=1S/C45H81N3O12/c1-37(39(3)49)21-18-19-27-46-43(52)36-60-34-31-57-29-20-23-40(50)35-59-33-32-58-30-28-47-42(51)26-25-41(45(55)56)48-38(2)22-16-14-12-10-8-6-4-5-7-9-11-13-15-17-24-44(53)54/h37,41,48H,2,4-36H2,1,3H3,(H,46,52)(H,47,51)(H,53,54)(H,55,56)/t37-,41-/m0/s1. The van der Waals surface area contributed by atoms with Crippen LogP contribution in [-0.4, -0.2) is 118 Å². The maximum atomic E-state index is 12.3. The number of nitrogens with one attached hydrogen (secondary N) is 3. The van der Waals surface area contributed by atoms with E-state index in [9.17, 15) is 33.9 Å². The number of Topliss-reactive ketones (excluding diaryl/α,β-unsaturated/α-hetero) is 2. The molecular formula is C45H81N3O12. The SMILES string of the molecule is C=C(CCCCCCCCCCCCCCCCC(=O)O)N[C@@H](CCC(=O)NCCOCCOCC(=O)CCCOCCOCC(=O)NCCCC[C@H](C)C(C)=O)C(=O)O. The fourth-order valence-electron chi connectivity index (χ4n) is 6.23. The Hall–Kier alpha value is -3.40. The van der Waals surface area contributed by atoms with E-state index >= 15 is 0 Å². The van der Waals surface area contributed by atoms with Crippen LogP contribution in [-0.2, 0) is 47.7 Å². The van der Waals surface area contributed by atoms with E-state index in [1.165, 1.54) is 51.4 Å². The minimum Gasteiger partial charge on any atom is -0.481 e. The largest absolute Gasteiger partial charge is 0.481 e. The fraction of sp³-hybridized carbons (Fsp3) is 0.822. The van der Waals surface area contributed by atoms with E-state index in [1.54, 1.807) is 6.92 Å². The second-order valence-electron chi connectivity index (χ2n) is 15.7. The Kier molecular flexibility index (Phi) is 38.7. The quantitative estimate of drug-likeness (QED) is 0.0404. The number of unbranched alkanes of at least 4 members (excludes halogenated alkanes) is 14. The van der Waals surface area contributed by atoms with Gasteiger partial charge in [-0.05, 0) is 51.9 Å². The van der Waals surface area contributed by atoms with Crippen LogP contribution in [0.1, 0.15) is 162 Å². The Morgan fingerprint density at radius 3 is 1.60 bits per heavy atom. The molecule has 0 radical (unpaired) electrons. The van der Waals surface area contributed by atoms with Crippen LogP contribution in [0.4, 0.5) is 0 Å². The molecule has 15 heteroatoms. The average Bonchev–Trinajstić information content (AvgIpc) is 3.20. The van der Waals surface area contributed by atoms with E-state index < -0.39 is 18.0 Å². The van der Waals surface area contributed by atoms with E-state index in [2.05, 4.69) is 22.5 Å². The van der Waals surface area contributed by atoms with Crippen LogP contribution in [0.2, 0.25) is 0 Å². The molecule has 0 aliphatic carbocycles. The van der Waals surface area contributed by atoms with Gasteiger partial charge in [-0.1, -0.05) is 97.0 Å². The van der Waals surface area contributed by atoms with E-state index in [0.717, 1.165) is 57.8 Å². The molecule has 0 aliphatic rings. The van der Waals surface area contributed by atoms with Crippen molar-refractivity contribution in [3.8, 4) is 0 Å². The van der Waals surface area contributed by atoms with E-state index in [4.69, 9.17) is 24.1 Å². The smallest absolute Gasteiger partial charge is 0.326 e. The number of hydrogen-bond donors (Lipinski definition) is 5. The van der Waals surface area contributed by atoms with Crippen molar-refractivity contribution in [3.05, 3.63) is 12.3 Å². The first-order valence-electron chi connectivity index (χ1n) is 22.7. The molecule has 348 valence electrons. The van der Waals surface area contributed by atoms with Crippen LogP contribution in [0.25, 0.3) is 0 Å². The fourth-order valence-corrected chi connectivity index (χ4v) is 6.23. The first kappa shape index (κ1) is 56.6. The van der Waals surface area contributed by atoms with Crippen LogP contribution in [0.15, 0.2) is 12.3 Å². The molecule has 0 aromatic carbocycles. The number of rotatable bonds is 46.